The summed E-state index contributed by atoms with van der Waals surface area (Å²) in [7, 11) is 0. The number of rotatable bonds is 4. The molecule has 2 heterocycles. The third kappa shape index (κ3) is 3.32. The van der Waals surface area contributed by atoms with E-state index >= 15 is 0 Å². The lowest BCUT2D eigenvalue weighted by Gasteiger charge is -2.28. The molecule has 0 aliphatic carbocycles. The number of hydrogen-bond acceptors (Lipinski definition) is 4. The second-order valence-corrected chi connectivity index (χ2v) is 7.30. The molecule has 7 heteroatoms. The number of carboxylic acid groups (broad SMARTS) is 1. The zero-order chi connectivity index (χ0) is 20.6. The average molecular weight is 409 g/mol. The maximum Gasteiger partial charge on any atom is 0.333 e. The molecule has 146 valence electrons. The first-order valence-corrected chi connectivity index (χ1v) is 9.29. The van der Waals surface area contributed by atoms with Crippen molar-refractivity contribution in [2.75, 3.05) is 0 Å². The van der Waals surface area contributed by atoms with Crippen LogP contribution in [0, 0.1) is 0 Å². The number of amides is 1. The molecule has 0 fully saturated rings. The summed E-state index contributed by atoms with van der Waals surface area (Å²) in [5.74, 6) is -1.19. The van der Waals surface area contributed by atoms with Crippen molar-refractivity contribution in [1.82, 2.24) is 10.3 Å². The molecule has 0 spiro atoms. The third-order valence-electron chi connectivity index (χ3n) is 5.02. The monoisotopic (exact) mass is 408 g/mol. The lowest BCUT2D eigenvalue weighted by molar-refractivity contribution is -0.144. The smallest absolute Gasteiger partial charge is 0.333 e. The van der Waals surface area contributed by atoms with Crippen LogP contribution in [-0.2, 0) is 16.9 Å². The number of benzene rings is 2. The molecule has 4 rings (SSSR count). The van der Waals surface area contributed by atoms with E-state index in [1.54, 1.807) is 54.9 Å². The van der Waals surface area contributed by atoms with Crippen molar-refractivity contribution < 1.29 is 19.4 Å². The highest BCUT2D eigenvalue weighted by atomic mass is 35.5. The van der Waals surface area contributed by atoms with Crippen LogP contribution in [0.2, 0.25) is 5.02 Å². The lowest BCUT2D eigenvalue weighted by atomic mass is 9.91. The van der Waals surface area contributed by atoms with Crippen molar-refractivity contribution >= 4 is 23.5 Å². The lowest BCUT2D eigenvalue weighted by Crippen LogP contribution is -2.49. The zero-order valence-corrected chi connectivity index (χ0v) is 16.2. The van der Waals surface area contributed by atoms with Gasteiger partial charge in [0.2, 0.25) is 0 Å². The first-order chi connectivity index (χ1) is 13.9. The molecule has 0 bridgehead atoms. The van der Waals surface area contributed by atoms with E-state index in [0.717, 1.165) is 16.7 Å². The summed E-state index contributed by atoms with van der Waals surface area (Å²) in [5.41, 5.74) is 1.73. The molecule has 29 heavy (non-hydrogen) atoms. The maximum absolute atomic E-state index is 12.9. The highest BCUT2D eigenvalue weighted by Gasteiger charge is 2.39. The van der Waals surface area contributed by atoms with Gasteiger partial charge in [-0.2, -0.15) is 0 Å². The van der Waals surface area contributed by atoms with Crippen LogP contribution in [0.15, 0.2) is 60.9 Å². The number of carbonyl (C=O) groups excluding carboxylic acids is 1. The number of ether oxygens (including phenoxy) is 1. The van der Waals surface area contributed by atoms with Gasteiger partial charge in [0.1, 0.15) is 12.4 Å². The van der Waals surface area contributed by atoms with Crippen molar-refractivity contribution in [3.05, 3.63) is 82.6 Å². The van der Waals surface area contributed by atoms with Crippen LogP contribution in [0.4, 0.5) is 0 Å². The van der Waals surface area contributed by atoms with Gasteiger partial charge in [0.05, 0.1) is 0 Å². The number of fused-ring (bicyclic) bond motifs is 3. The number of hydrogen-bond donors (Lipinski definition) is 2. The quantitative estimate of drug-likeness (QED) is 0.680. The number of aliphatic carboxylic acids is 1. The van der Waals surface area contributed by atoms with E-state index in [1.165, 1.54) is 6.92 Å². The molecular weight excluding hydrogens is 392 g/mol. The molecular formula is C22H17ClN2O4. The third-order valence-corrected chi connectivity index (χ3v) is 5.35. The van der Waals surface area contributed by atoms with Crippen molar-refractivity contribution in [1.29, 1.82) is 0 Å². The number of pyridine rings is 1. The number of halogens is 1. The van der Waals surface area contributed by atoms with Gasteiger partial charge in [-0.25, -0.2) is 4.79 Å². The second-order valence-electron chi connectivity index (χ2n) is 6.90. The largest absolute Gasteiger partial charge is 0.488 e. The fourth-order valence-corrected chi connectivity index (χ4v) is 3.69. The number of carbonyl (C=O) groups is 2. The van der Waals surface area contributed by atoms with Crippen LogP contribution < -0.4 is 10.1 Å². The van der Waals surface area contributed by atoms with Gasteiger partial charge in [-0.1, -0.05) is 29.8 Å². The molecule has 1 aromatic heterocycles. The fraction of sp³-hybridized carbons (Fsp3) is 0.136. The van der Waals surface area contributed by atoms with E-state index in [2.05, 4.69) is 10.3 Å². The maximum atomic E-state index is 12.9. The van der Waals surface area contributed by atoms with Crippen LogP contribution in [0.1, 0.15) is 28.4 Å². The van der Waals surface area contributed by atoms with Crippen LogP contribution in [-0.4, -0.2) is 22.0 Å². The van der Waals surface area contributed by atoms with Gasteiger partial charge in [0.15, 0.2) is 5.54 Å². The van der Waals surface area contributed by atoms with Gasteiger partial charge in [-0.3, -0.25) is 9.78 Å². The SMILES string of the molecule is C[C@@](NC(=O)c1ccc2c(c1)OCc1cnccc1-2)(C(=O)O)c1ccccc1Cl. The van der Waals surface area contributed by atoms with Crippen molar-refractivity contribution in [3.8, 4) is 16.9 Å². The summed E-state index contributed by atoms with van der Waals surface area (Å²) >= 11 is 6.19. The molecule has 0 unspecified atom stereocenters. The molecule has 2 N–H and O–H groups in total. The minimum absolute atomic E-state index is 0.261. The number of aromatic nitrogens is 1. The Hall–Kier alpha value is -3.38. The van der Waals surface area contributed by atoms with Crippen molar-refractivity contribution in [2.24, 2.45) is 0 Å². The normalized spacial score (nSPS) is 14.0. The highest BCUT2D eigenvalue weighted by Crippen LogP contribution is 2.37. The van der Waals surface area contributed by atoms with Gasteiger partial charge >= 0.3 is 5.97 Å². The van der Waals surface area contributed by atoms with E-state index in [1.807, 2.05) is 6.07 Å². The van der Waals surface area contributed by atoms with Crippen LogP contribution >= 0.6 is 11.6 Å². The minimum Gasteiger partial charge on any atom is -0.488 e. The number of nitrogens with one attached hydrogen (secondary N) is 1. The molecule has 1 atom stereocenters. The van der Waals surface area contributed by atoms with Crippen LogP contribution in [0.5, 0.6) is 5.75 Å². The predicted octanol–water partition coefficient (Wildman–Crippen LogP) is 4.02. The highest BCUT2D eigenvalue weighted by molar-refractivity contribution is 6.31. The molecule has 6 nitrogen and oxygen atoms in total. The summed E-state index contributed by atoms with van der Waals surface area (Å²) in [6.45, 7) is 1.76. The summed E-state index contributed by atoms with van der Waals surface area (Å²) in [4.78, 5) is 29.0. The minimum atomic E-state index is -1.69. The Morgan fingerprint density at radius 3 is 2.72 bits per heavy atom. The Morgan fingerprint density at radius 2 is 1.97 bits per heavy atom. The fourth-order valence-electron chi connectivity index (χ4n) is 3.37. The van der Waals surface area contributed by atoms with E-state index in [0.29, 0.717) is 23.5 Å². The molecule has 1 aliphatic rings. The van der Waals surface area contributed by atoms with Gasteiger partial charge in [0.25, 0.3) is 5.91 Å². The molecule has 0 saturated heterocycles. The Labute approximate surface area is 172 Å². The topological polar surface area (TPSA) is 88.5 Å². The number of carboxylic acids is 1. The molecule has 3 aromatic rings. The van der Waals surface area contributed by atoms with Gasteiger partial charge in [-0.15, -0.1) is 0 Å². The predicted molar refractivity (Wildman–Crippen MR) is 108 cm³/mol. The Bertz CT molecular complexity index is 1130. The number of nitrogens with zero attached hydrogens (tertiary/aromatic N) is 1. The van der Waals surface area contributed by atoms with E-state index in [4.69, 9.17) is 16.3 Å². The van der Waals surface area contributed by atoms with E-state index in [-0.39, 0.29) is 5.02 Å². The second kappa shape index (κ2) is 7.22. The van der Waals surface area contributed by atoms with Crippen LogP contribution in [0.25, 0.3) is 11.1 Å². The van der Waals surface area contributed by atoms with Gasteiger partial charge in [-0.05, 0) is 42.8 Å². The first kappa shape index (κ1) is 19.0. The standard InChI is InChI=1S/C22H17ClN2O4/c1-22(21(27)28,17-4-2-3-5-18(17)23)25-20(26)13-6-7-16-15-8-9-24-11-14(15)12-29-19(16)10-13/h2-11H,12H2,1H3,(H,25,26)(H,27,28)/t22-/m0/s1. The average Bonchev–Trinajstić information content (AvgIpc) is 2.73. The summed E-state index contributed by atoms with van der Waals surface area (Å²) in [6, 6.07) is 13.5. The Morgan fingerprint density at radius 1 is 1.17 bits per heavy atom. The van der Waals surface area contributed by atoms with E-state index < -0.39 is 17.4 Å². The van der Waals surface area contributed by atoms with Crippen molar-refractivity contribution in [3.63, 3.8) is 0 Å². The van der Waals surface area contributed by atoms with E-state index in [9.17, 15) is 14.7 Å². The Kier molecular flexibility index (Phi) is 4.72. The van der Waals surface area contributed by atoms with Gasteiger partial charge < -0.3 is 15.2 Å². The van der Waals surface area contributed by atoms with Crippen molar-refractivity contribution in [2.45, 2.75) is 19.1 Å². The molecule has 0 radical (unpaired) electrons. The first-order valence-electron chi connectivity index (χ1n) is 8.91. The van der Waals surface area contributed by atoms with Gasteiger partial charge in [0, 0.05) is 39.7 Å². The molecule has 2 aromatic carbocycles. The van der Waals surface area contributed by atoms with Crippen LogP contribution in [0.3, 0.4) is 0 Å². The summed E-state index contributed by atoms with van der Waals surface area (Å²) in [5, 5.41) is 12.7. The summed E-state index contributed by atoms with van der Waals surface area (Å²) < 4.78 is 5.76. The summed E-state index contributed by atoms with van der Waals surface area (Å²) in [6.07, 6.45) is 3.46. The Balaban J connectivity index is 1.67. The molecule has 1 amide bonds. The molecule has 1 aliphatic heterocycles. The molecule has 0 saturated carbocycles. The zero-order valence-electron chi connectivity index (χ0n) is 15.5.